The maximum Gasteiger partial charge on any atom is 0.260 e. The normalized spacial score (nSPS) is 14.3. The van der Waals surface area contributed by atoms with Gasteiger partial charge in [0.2, 0.25) is 0 Å². The van der Waals surface area contributed by atoms with Crippen LogP contribution in [0.3, 0.4) is 0 Å². The molecule has 4 aromatic rings. The summed E-state index contributed by atoms with van der Waals surface area (Å²) in [6.45, 7) is 3.67. The minimum atomic E-state index is -0.154. The summed E-state index contributed by atoms with van der Waals surface area (Å²) in [6.07, 6.45) is 0. The summed E-state index contributed by atoms with van der Waals surface area (Å²) < 4.78 is 11.7. The highest BCUT2D eigenvalue weighted by atomic mass is 35.5. The predicted molar refractivity (Wildman–Crippen MR) is 137 cm³/mol. The van der Waals surface area contributed by atoms with Gasteiger partial charge in [-0.3, -0.25) is 14.5 Å². The molecule has 1 aromatic heterocycles. The van der Waals surface area contributed by atoms with Crippen LogP contribution in [-0.4, -0.2) is 48.5 Å². The van der Waals surface area contributed by atoms with E-state index >= 15 is 0 Å². The number of nitrogens with zero attached hydrogens (tertiary/aromatic N) is 2. The van der Waals surface area contributed by atoms with Gasteiger partial charge in [-0.25, -0.2) is 0 Å². The molecule has 1 aliphatic heterocycles. The van der Waals surface area contributed by atoms with Gasteiger partial charge in [0.15, 0.2) is 12.0 Å². The fourth-order valence-corrected chi connectivity index (χ4v) is 4.34. The Morgan fingerprint density at radius 1 is 0.914 bits per heavy atom. The number of hydrogen-bond donors (Lipinski definition) is 0. The van der Waals surface area contributed by atoms with Crippen LogP contribution in [0.4, 0.5) is 0 Å². The number of piperazine rings is 1. The summed E-state index contributed by atoms with van der Waals surface area (Å²) in [7, 11) is 0. The molecule has 0 aliphatic carbocycles. The lowest BCUT2D eigenvalue weighted by Gasteiger charge is -2.34. The molecule has 5 rings (SSSR count). The van der Waals surface area contributed by atoms with Crippen molar-refractivity contribution in [2.24, 2.45) is 0 Å². The van der Waals surface area contributed by atoms with E-state index in [0.29, 0.717) is 35.6 Å². The van der Waals surface area contributed by atoms with Crippen molar-refractivity contribution in [1.82, 2.24) is 9.80 Å². The summed E-state index contributed by atoms with van der Waals surface area (Å²) in [5.74, 6) is 0.914. The fraction of sp³-hybridized carbons (Fsp3) is 0.214. The molecule has 7 heteroatoms. The van der Waals surface area contributed by atoms with E-state index in [2.05, 4.69) is 4.90 Å². The second-order valence-corrected chi connectivity index (χ2v) is 9.01. The third kappa shape index (κ3) is 5.56. The highest BCUT2D eigenvalue weighted by Gasteiger charge is 2.21. The van der Waals surface area contributed by atoms with E-state index in [9.17, 15) is 9.59 Å². The second-order valence-electron chi connectivity index (χ2n) is 8.57. The van der Waals surface area contributed by atoms with Gasteiger partial charge in [-0.2, -0.15) is 0 Å². The minimum absolute atomic E-state index is 0.0669. The molecule has 0 unspecified atom stereocenters. The summed E-state index contributed by atoms with van der Waals surface area (Å²) in [5, 5.41) is 1.15. The van der Waals surface area contributed by atoms with Crippen molar-refractivity contribution in [3.63, 3.8) is 0 Å². The molecule has 0 bridgehead atoms. The van der Waals surface area contributed by atoms with Gasteiger partial charge in [0.1, 0.15) is 17.1 Å². The van der Waals surface area contributed by atoms with Gasteiger partial charge >= 0.3 is 0 Å². The molecule has 178 valence electrons. The van der Waals surface area contributed by atoms with E-state index in [1.807, 2.05) is 59.5 Å². The smallest absolute Gasteiger partial charge is 0.260 e. The van der Waals surface area contributed by atoms with E-state index in [0.717, 1.165) is 30.2 Å². The van der Waals surface area contributed by atoms with E-state index in [-0.39, 0.29) is 17.9 Å². The zero-order chi connectivity index (χ0) is 24.2. The molecule has 35 heavy (non-hydrogen) atoms. The zero-order valence-corrected chi connectivity index (χ0v) is 19.9. The largest absolute Gasteiger partial charge is 0.484 e. The molecule has 2 heterocycles. The number of fused-ring (bicyclic) bond motifs is 1. The van der Waals surface area contributed by atoms with Gasteiger partial charge in [0.25, 0.3) is 5.91 Å². The number of benzene rings is 3. The Balaban J connectivity index is 1.17. The Kier molecular flexibility index (Phi) is 6.84. The lowest BCUT2D eigenvalue weighted by atomic mass is 10.1. The molecule has 1 aliphatic rings. The number of hydrogen-bond acceptors (Lipinski definition) is 5. The van der Waals surface area contributed by atoms with Crippen molar-refractivity contribution in [2.75, 3.05) is 32.8 Å². The van der Waals surface area contributed by atoms with Crippen molar-refractivity contribution in [2.45, 2.75) is 6.54 Å². The molecule has 1 fully saturated rings. The quantitative estimate of drug-likeness (QED) is 0.389. The third-order valence-corrected chi connectivity index (χ3v) is 6.42. The van der Waals surface area contributed by atoms with E-state index < -0.39 is 0 Å². The minimum Gasteiger partial charge on any atom is -0.484 e. The van der Waals surface area contributed by atoms with Crippen molar-refractivity contribution in [1.29, 1.82) is 0 Å². The Morgan fingerprint density at radius 2 is 1.66 bits per heavy atom. The number of halogens is 1. The highest BCUT2D eigenvalue weighted by molar-refractivity contribution is 6.30. The lowest BCUT2D eigenvalue weighted by Crippen LogP contribution is -2.49. The topological polar surface area (TPSA) is 63.0 Å². The maximum absolute atomic E-state index is 12.7. The molecule has 0 atom stereocenters. The summed E-state index contributed by atoms with van der Waals surface area (Å²) in [4.78, 5) is 29.5. The number of ether oxygens (including phenoxy) is 1. The Bertz CT molecular complexity index is 1380. The average Bonchev–Trinajstić information content (AvgIpc) is 2.89. The van der Waals surface area contributed by atoms with Crippen molar-refractivity contribution in [3.8, 4) is 17.1 Å². The highest BCUT2D eigenvalue weighted by Crippen LogP contribution is 2.24. The average molecular weight is 489 g/mol. The van der Waals surface area contributed by atoms with Crippen LogP contribution in [0.15, 0.2) is 88.1 Å². The van der Waals surface area contributed by atoms with Crippen LogP contribution in [0, 0.1) is 0 Å². The Morgan fingerprint density at radius 3 is 2.40 bits per heavy atom. The van der Waals surface area contributed by atoms with E-state index in [1.165, 1.54) is 11.6 Å². The van der Waals surface area contributed by atoms with Crippen molar-refractivity contribution < 1.29 is 13.9 Å². The third-order valence-electron chi connectivity index (χ3n) is 6.16. The van der Waals surface area contributed by atoms with Crippen LogP contribution in [-0.2, 0) is 11.3 Å². The molecular weight excluding hydrogens is 464 g/mol. The van der Waals surface area contributed by atoms with Gasteiger partial charge in [0.05, 0.1) is 5.39 Å². The predicted octanol–water partition coefficient (Wildman–Crippen LogP) is 4.84. The van der Waals surface area contributed by atoms with Crippen LogP contribution in [0.1, 0.15) is 5.56 Å². The lowest BCUT2D eigenvalue weighted by molar-refractivity contribution is -0.135. The van der Waals surface area contributed by atoms with Gasteiger partial charge in [-0.15, -0.1) is 0 Å². The number of amides is 1. The first-order chi connectivity index (χ1) is 17.0. The first-order valence-corrected chi connectivity index (χ1v) is 11.9. The summed E-state index contributed by atoms with van der Waals surface area (Å²) in [5.41, 5.74) is 2.37. The Labute approximate surface area is 208 Å². The van der Waals surface area contributed by atoms with Crippen LogP contribution in [0.2, 0.25) is 5.02 Å². The van der Waals surface area contributed by atoms with Gasteiger partial charge in [-0.1, -0.05) is 54.1 Å². The first-order valence-electron chi connectivity index (χ1n) is 11.6. The summed E-state index contributed by atoms with van der Waals surface area (Å²) in [6, 6.07) is 23.9. The number of carbonyl (C=O) groups is 1. The van der Waals surface area contributed by atoms with Crippen molar-refractivity contribution >= 4 is 28.5 Å². The Hall–Kier alpha value is -3.61. The molecule has 0 spiro atoms. The zero-order valence-electron chi connectivity index (χ0n) is 19.2. The van der Waals surface area contributed by atoms with Crippen molar-refractivity contribution in [3.05, 3.63) is 99.7 Å². The van der Waals surface area contributed by atoms with Gasteiger partial charge in [0, 0.05) is 49.4 Å². The molecule has 1 amide bonds. The molecule has 6 nitrogen and oxygen atoms in total. The second kappa shape index (κ2) is 10.3. The fourth-order valence-electron chi connectivity index (χ4n) is 4.21. The van der Waals surface area contributed by atoms with Crippen LogP contribution < -0.4 is 10.2 Å². The van der Waals surface area contributed by atoms with Crippen LogP contribution >= 0.6 is 11.6 Å². The van der Waals surface area contributed by atoms with E-state index in [4.69, 9.17) is 20.8 Å². The molecule has 0 N–H and O–H groups in total. The first kappa shape index (κ1) is 23.1. The summed E-state index contributed by atoms with van der Waals surface area (Å²) >= 11 is 5.96. The molecule has 3 aromatic carbocycles. The SMILES string of the molecule is O=C(COc1ccc2oc(-c3ccccc3)cc(=O)c2c1)N1CCN(Cc2ccc(Cl)cc2)CC1. The standard InChI is InChI=1S/C28H25ClN2O4/c29-22-8-6-20(7-9-22)18-30-12-14-31(15-13-30)28(33)19-34-23-10-11-26-24(16-23)25(32)17-27(35-26)21-4-2-1-3-5-21/h1-11,16-17H,12-15,18-19H2. The van der Waals surface area contributed by atoms with Gasteiger partial charge < -0.3 is 14.1 Å². The van der Waals surface area contributed by atoms with Crippen LogP contribution in [0.5, 0.6) is 5.75 Å². The number of carbonyl (C=O) groups excluding carboxylic acids is 1. The monoisotopic (exact) mass is 488 g/mol. The molecule has 0 saturated carbocycles. The number of rotatable bonds is 6. The molecule has 0 radical (unpaired) electrons. The van der Waals surface area contributed by atoms with Crippen LogP contribution in [0.25, 0.3) is 22.3 Å². The van der Waals surface area contributed by atoms with Gasteiger partial charge in [-0.05, 0) is 35.9 Å². The maximum atomic E-state index is 12.7. The van der Waals surface area contributed by atoms with E-state index in [1.54, 1.807) is 18.2 Å². The molecular formula is C28H25ClN2O4. The molecule has 1 saturated heterocycles.